The van der Waals surface area contributed by atoms with E-state index in [9.17, 15) is 0 Å². The summed E-state index contributed by atoms with van der Waals surface area (Å²) in [6, 6.07) is 0. The van der Waals surface area contributed by atoms with Crippen LogP contribution in [0.1, 0.15) is 45.4 Å². The predicted octanol–water partition coefficient (Wildman–Crippen LogP) is 2.89. The van der Waals surface area contributed by atoms with Crippen LogP contribution in [-0.4, -0.2) is 23.8 Å². The Hall–Kier alpha value is -0.530. The minimum Gasteiger partial charge on any atom is -0.360 e. The molecule has 0 amide bonds. The molecule has 0 spiro atoms. The Morgan fingerprint density at radius 1 is 1.14 bits per heavy atom. The second-order valence-corrected chi connectivity index (χ2v) is 5.05. The van der Waals surface area contributed by atoms with E-state index in [0.29, 0.717) is 5.92 Å². The third-order valence-electron chi connectivity index (χ3n) is 3.78. The molecule has 2 unspecified atom stereocenters. The minimum atomic E-state index is 0.586. The van der Waals surface area contributed by atoms with Gasteiger partial charge in [-0.3, -0.25) is 5.41 Å². The summed E-state index contributed by atoms with van der Waals surface area (Å²) in [5.41, 5.74) is 0. The van der Waals surface area contributed by atoms with Gasteiger partial charge in [0.15, 0.2) is 0 Å². The number of nitrogens with zero attached hydrogens (tertiary/aromatic N) is 1. The molecule has 2 rings (SSSR count). The molecule has 1 heterocycles. The van der Waals surface area contributed by atoms with Gasteiger partial charge >= 0.3 is 0 Å². The SMILES string of the molecule is CC1CCC(C(=N)N2CCCCC2)C1. The maximum absolute atomic E-state index is 8.20. The van der Waals surface area contributed by atoms with Gasteiger partial charge in [0.25, 0.3) is 0 Å². The van der Waals surface area contributed by atoms with Crippen LogP contribution in [0.5, 0.6) is 0 Å². The minimum absolute atomic E-state index is 0.586. The van der Waals surface area contributed by atoms with Crippen LogP contribution in [0.3, 0.4) is 0 Å². The van der Waals surface area contributed by atoms with Gasteiger partial charge in [-0.05, 0) is 44.4 Å². The van der Waals surface area contributed by atoms with Gasteiger partial charge in [0.2, 0.25) is 0 Å². The van der Waals surface area contributed by atoms with Gasteiger partial charge in [-0.25, -0.2) is 0 Å². The Morgan fingerprint density at radius 3 is 2.43 bits per heavy atom. The van der Waals surface area contributed by atoms with E-state index in [1.54, 1.807) is 0 Å². The van der Waals surface area contributed by atoms with Crippen LogP contribution in [0.4, 0.5) is 0 Å². The number of nitrogens with one attached hydrogen (secondary N) is 1. The third kappa shape index (κ3) is 2.10. The van der Waals surface area contributed by atoms with Gasteiger partial charge in [0.05, 0.1) is 5.84 Å². The van der Waals surface area contributed by atoms with E-state index >= 15 is 0 Å². The lowest BCUT2D eigenvalue weighted by molar-refractivity contribution is 0.323. The van der Waals surface area contributed by atoms with Crippen LogP contribution in [0.25, 0.3) is 0 Å². The number of hydrogen-bond acceptors (Lipinski definition) is 1. The molecule has 80 valence electrons. The summed E-state index contributed by atoms with van der Waals surface area (Å²) < 4.78 is 0. The summed E-state index contributed by atoms with van der Waals surface area (Å²) >= 11 is 0. The maximum atomic E-state index is 8.20. The highest BCUT2D eigenvalue weighted by atomic mass is 15.2. The highest BCUT2D eigenvalue weighted by molar-refractivity contribution is 5.82. The maximum Gasteiger partial charge on any atom is 0.0989 e. The monoisotopic (exact) mass is 194 g/mol. The van der Waals surface area contributed by atoms with Crippen molar-refractivity contribution in [1.29, 1.82) is 5.41 Å². The van der Waals surface area contributed by atoms with Gasteiger partial charge in [-0.2, -0.15) is 0 Å². The van der Waals surface area contributed by atoms with E-state index in [0.717, 1.165) is 24.8 Å². The molecule has 2 heteroatoms. The summed E-state index contributed by atoms with van der Waals surface area (Å²) in [5.74, 6) is 2.39. The van der Waals surface area contributed by atoms with E-state index < -0.39 is 0 Å². The molecule has 14 heavy (non-hydrogen) atoms. The third-order valence-corrected chi connectivity index (χ3v) is 3.78. The van der Waals surface area contributed by atoms with Crippen molar-refractivity contribution in [3.63, 3.8) is 0 Å². The number of piperidine rings is 1. The Morgan fingerprint density at radius 2 is 1.86 bits per heavy atom. The fourth-order valence-corrected chi connectivity index (χ4v) is 2.85. The van der Waals surface area contributed by atoms with Crippen LogP contribution in [-0.2, 0) is 0 Å². The fourth-order valence-electron chi connectivity index (χ4n) is 2.85. The van der Waals surface area contributed by atoms with Gasteiger partial charge < -0.3 is 4.90 Å². The molecule has 2 fully saturated rings. The molecule has 2 aliphatic rings. The van der Waals surface area contributed by atoms with Crippen LogP contribution < -0.4 is 0 Å². The fraction of sp³-hybridized carbons (Fsp3) is 0.917. The van der Waals surface area contributed by atoms with E-state index in [1.807, 2.05) is 0 Å². The van der Waals surface area contributed by atoms with Crippen molar-refractivity contribution < 1.29 is 0 Å². The molecule has 0 aromatic carbocycles. The second-order valence-electron chi connectivity index (χ2n) is 5.05. The molecular formula is C12H22N2. The van der Waals surface area contributed by atoms with Gasteiger partial charge in [-0.15, -0.1) is 0 Å². The lowest BCUT2D eigenvalue weighted by Crippen LogP contribution is -2.38. The van der Waals surface area contributed by atoms with Crippen LogP contribution in [0.2, 0.25) is 0 Å². The van der Waals surface area contributed by atoms with E-state index in [-0.39, 0.29) is 0 Å². The molecule has 2 atom stereocenters. The first-order valence-electron chi connectivity index (χ1n) is 6.11. The summed E-state index contributed by atoms with van der Waals surface area (Å²) in [7, 11) is 0. The normalized spacial score (nSPS) is 33.4. The summed E-state index contributed by atoms with van der Waals surface area (Å²) in [5, 5.41) is 8.20. The van der Waals surface area contributed by atoms with E-state index in [2.05, 4.69) is 11.8 Å². The highest BCUT2D eigenvalue weighted by Crippen LogP contribution is 2.32. The first-order valence-corrected chi connectivity index (χ1v) is 6.11. The molecule has 1 N–H and O–H groups in total. The number of hydrogen-bond donors (Lipinski definition) is 1. The quantitative estimate of drug-likeness (QED) is 0.504. The van der Waals surface area contributed by atoms with E-state index in [1.165, 1.54) is 38.5 Å². The summed E-state index contributed by atoms with van der Waals surface area (Å²) in [6.45, 7) is 4.61. The molecule has 0 radical (unpaired) electrons. The number of rotatable bonds is 1. The molecule has 0 aromatic rings. The van der Waals surface area contributed by atoms with Crippen LogP contribution in [0, 0.1) is 17.2 Å². The smallest absolute Gasteiger partial charge is 0.0989 e. The standard InChI is InChI=1S/C12H22N2/c1-10-5-6-11(9-10)12(13)14-7-3-2-4-8-14/h10-11,13H,2-9H2,1H3. The van der Waals surface area contributed by atoms with Crippen molar-refractivity contribution in [2.24, 2.45) is 11.8 Å². The van der Waals surface area contributed by atoms with Crippen molar-refractivity contribution in [3.05, 3.63) is 0 Å². The molecule has 1 saturated heterocycles. The van der Waals surface area contributed by atoms with Gasteiger partial charge in [0, 0.05) is 19.0 Å². The van der Waals surface area contributed by atoms with Crippen molar-refractivity contribution in [1.82, 2.24) is 4.90 Å². The molecular weight excluding hydrogens is 172 g/mol. The number of likely N-dealkylation sites (tertiary alicyclic amines) is 1. The molecule has 1 saturated carbocycles. The Bertz CT molecular complexity index is 200. The topological polar surface area (TPSA) is 27.1 Å². The molecule has 1 aliphatic heterocycles. The average Bonchev–Trinajstić information content (AvgIpc) is 2.65. The molecule has 1 aliphatic carbocycles. The van der Waals surface area contributed by atoms with Crippen molar-refractivity contribution in [3.8, 4) is 0 Å². The molecule has 2 nitrogen and oxygen atoms in total. The zero-order chi connectivity index (χ0) is 9.97. The lowest BCUT2D eigenvalue weighted by Gasteiger charge is -2.31. The van der Waals surface area contributed by atoms with Crippen molar-refractivity contribution >= 4 is 5.84 Å². The first kappa shape index (κ1) is 10.0. The zero-order valence-electron chi connectivity index (χ0n) is 9.26. The predicted molar refractivity (Wildman–Crippen MR) is 59.7 cm³/mol. The van der Waals surface area contributed by atoms with E-state index in [4.69, 9.17) is 5.41 Å². The summed E-state index contributed by atoms with van der Waals surface area (Å²) in [6.07, 6.45) is 7.81. The Labute approximate surface area is 87.2 Å². The van der Waals surface area contributed by atoms with Crippen molar-refractivity contribution in [2.45, 2.75) is 45.4 Å². The van der Waals surface area contributed by atoms with Gasteiger partial charge in [0.1, 0.15) is 0 Å². The molecule has 0 aromatic heterocycles. The Kier molecular flexibility index (Phi) is 3.09. The average molecular weight is 194 g/mol. The van der Waals surface area contributed by atoms with Crippen LogP contribution >= 0.6 is 0 Å². The highest BCUT2D eigenvalue weighted by Gasteiger charge is 2.28. The lowest BCUT2D eigenvalue weighted by atomic mass is 10.0. The van der Waals surface area contributed by atoms with Crippen molar-refractivity contribution in [2.75, 3.05) is 13.1 Å². The largest absolute Gasteiger partial charge is 0.360 e. The van der Waals surface area contributed by atoms with Gasteiger partial charge in [-0.1, -0.05) is 6.92 Å². The first-order chi connectivity index (χ1) is 6.77. The summed E-state index contributed by atoms with van der Waals surface area (Å²) in [4.78, 5) is 2.33. The Balaban J connectivity index is 1.87. The van der Waals surface area contributed by atoms with Crippen LogP contribution in [0.15, 0.2) is 0 Å². The second kappa shape index (κ2) is 4.33. The zero-order valence-corrected chi connectivity index (χ0v) is 9.26. The molecule has 0 bridgehead atoms. The number of amidine groups is 1.